The highest BCUT2D eigenvalue weighted by Gasteiger charge is 2.23. The number of benzene rings is 1. The summed E-state index contributed by atoms with van der Waals surface area (Å²) in [6.07, 6.45) is 1.95. The first kappa shape index (κ1) is 13.7. The minimum atomic E-state index is -0.121. The van der Waals surface area contributed by atoms with Gasteiger partial charge in [0.15, 0.2) is 0 Å². The van der Waals surface area contributed by atoms with Gasteiger partial charge in [0.1, 0.15) is 0 Å². The Bertz CT molecular complexity index is 445. The van der Waals surface area contributed by atoms with Crippen LogP contribution in [-0.4, -0.2) is 18.5 Å². The van der Waals surface area contributed by atoms with Crippen LogP contribution in [0.5, 0.6) is 0 Å². The lowest BCUT2D eigenvalue weighted by Crippen LogP contribution is -2.41. The quantitative estimate of drug-likeness (QED) is 0.897. The van der Waals surface area contributed by atoms with Crippen molar-refractivity contribution in [3.8, 4) is 0 Å². The second kappa shape index (κ2) is 5.91. The van der Waals surface area contributed by atoms with Crippen molar-refractivity contribution < 1.29 is 4.79 Å². The Kier molecular flexibility index (Phi) is 4.49. The maximum atomic E-state index is 12.0. The Morgan fingerprint density at radius 1 is 1.50 bits per heavy atom. The van der Waals surface area contributed by atoms with Gasteiger partial charge in [-0.05, 0) is 44.0 Å². The molecule has 3 nitrogen and oxygen atoms in total. The van der Waals surface area contributed by atoms with E-state index >= 15 is 0 Å². The monoisotopic (exact) mass is 286 g/mol. The number of carbonyl (C=O) groups excluding carboxylic acids is 1. The smallest absolute Gasteiger partial charge is 0.237 e. The standard InChI is InChI=1S/C13H16Cl2N2O/c1-8(10-5-4-9(14)7-11(10)15)17-13(18)12-3-2-6-16-12/h4-5,7-8,12,16H,2-3,6H2,1H3,(H,17,18)/t8?,12-/m1/s1. The van der Waals surface area contributed by atoms with Gasteiger partial charge in [-0.2, -0.15) is 0 Å². The summed E-state index contributed by atoms with van der Waals surface area (Å²) in [5.41, 5.74) is 0.882. The first-order valence-corrected chi connectivity index (χ1v) is 6.82. The van der Waals surface area contributed by atoms with Crippen LogP contribution in [0, 0.1) is 0 Å². The fourth-order valence-corrected chi connectivity index (χ4v) is 2.72. The highest BCUT2D eigenvalue weighted by atomic mass is 35.5. The highest BCUT2D eigenvalue weighted by Crippen LogP contribution is 2.26. The molecule has 2 N–H and O–H groups in total. The fraction of sp³-hybridized carbons (Fsp3) is 0.462. The van der Waals surface area contributed by atoms with Crippen LogP contribution in [0.4, 0.5) is 0 Å². The van der Waals surface area contributed by atoms with Gasteiger partial charge in [0.2, 0.25) is 5.91 Å². The molecule has 1 aromatic carbocycles. The molecular weight excluding hydrogens is 271 g/mol. The van der Waals surface area contributed by atoms with E-state index in [1.165, 1.54) is 0 Å². The van der Waals surface area contributed by atoms with Crippen LogP contribution in [0.2, 0.25) is 10.0 Å². The van der Waals surface area contributed by atoms with E-state index in [0.717, 1.165) is 24.9 Å². The molecule has 1 heterocycles. The Morgan fingerprint density at radius 3 is 2.89 bits per heavy atom. The molecule has 2 rings (SSSR count). The summed E-state index contributed by atoms with van der Waals surface area (Å²) < 4.78 is 0. The SMILES string of the molecule is CC(NC(=O)[C@H]1CCCN1)c1ccc(Cl)cc1Cl. The van der Waals surface area contributed by atoms with Crippen molar-refractivity contribution in [3.05, 3.63) is 33.8 Å². The summed E-state index contributed by atoms with van der Waals surface area (Å²) in [6.45, 7) is 2.83. The van der Waals surface area contributed by atoms with Gasteiger partial charge < -0.3 is 10.6 Å². The summed E-state index contributed by atoms with van der Waals surface area (Å²) >= 11 is 12.0. The van der Waals surface area contributed by atoms with Crippen LogP contribution < -0.4 is 10.6 Å². The van der Waals surface area contributed by atoms with Gasteiger partial charge in [0.25, 0.3) is 0 Å². The summed E-state index contributed by atoms with van der Waals surface area (Å²) in [7, 11) is 0. The first-order valence-electron chi connectivity index (χ1n) is 6.06. The van der Waals surface area contributed by atoms with E-state index in [4.69, 9.17) is 23.2 Å². The van der Waals surface area contributed by atoms with E-state index in [1.54, 1.807) is 12.1 Å². The molecule has 18 heavy (non-hydrogen) atoms. The van der Waals surface area contributed by atoms with Crippen molar-refractivity contribution in [1.29, 1.82) is 0 Å². The van der Waals surface area contributed by atoms with Crippen molar-refractivity contribution in [1.82, 2.24) is 10.6 Å². The number of nitrogens with one attached hydrogen (secondary N) is 2. The van der Waals surface area contributed by atoms with E-state index in [9.17, 15) is 4.79 Å². The molecule has 2 atom stereocenters. The summed E-state index contributed by atoms with van der Waals surface area (Å²) in [5.74, 6) is 0.0333. The zero-order valence-electron chi connectivity index (χ0n) is 10.2. The fourth-order valence-electron chi connectivity index (χ4n) is 2.15. The van der Waals surface area contributed by atoms with Gasteiger partial charge in [-0.1, -0.05) is 29.3 Å². The number of rotatable bonds is 3. The van der Waals surface area contributed by atoms with Crippen LogP contribution in [-0.2, 0) is 4.79 Å². The van der Waals surface area contributed by atoms with Crippen molar-refractivity contribution >= 4 is 29.1 Å². The number of hydrogen-bond donors (Lipinski definition) is 2. The van der Waals surface area contributed by atoms with Crippen LogP contribution in [0.15, 0.2) is 18.2 Å². The number of carbonyl (C=O) groups is 1. The second-order valence-electron chi connectivity index (χ2n) is 4.55. The number of halogens is 2. The molecule has 0 bridgehead atoms. The lowest BCUT2D eigenvalue weighted by Gasteiger charge is -2.18. The van der Waals surface area contributed by atoms with E-state index in [-0.39, 0.29) is 18.0 Å². The summed E-state index contributed by atoms with van der Waals surface area (Å²) in [4.78, 5) is 12.0. The van der Waals surface area contributed by atoms with E-state index in [2.05, 4.69) is 10.6 Å². The molecule has 0 aliphatic carbocycles. The van der Waals surface area contributed by atoms with E-state index in [0.29, 0.717) is 10.0 Å². The predicted octanol–water partition coefficient (Wildman–Crippen LogP) is 2.92. The molecule has 1 aliphatic rings. The maximum Gasteiger partial charge on any atom is 0.237 e. The normalized spacial score (nSPS) is 20.7. The lowest BCUT2D eigenvalue weighted by atomic mass is 10.1. The minimum Gasteiger partial charge on any atom is -0.348 e. The third-order valence-corrected chi connectivity index (χ3v) is 3.73. The second-order valence-corrected chi connectivity index (χ2v) is 5.39. The van der Waals surface area contributed by atoms with Crippen LogP contribution in [0.3, 0.4) is 0 Å². The average molecular weight is 287 g/mol. The van der Waals surface area contributed by atoms with Gasteiger partial charge in [-0.15, -0.1) is 0 Å². The molecule has 0 radical (unpaired) electrons. The molecule has 1 saturated heterocycles. The van der Waals surface area contributed by atoms with Crippen molar-refractivity contribution in [2.75, 3.05) is 6.54 Å². The van der Waals surface area contributed by atoms with E-state index in [1.807, 2.05) is 13.0 Å². The highest BCUT2D eigenvalue weighted by molar-refractivity contribution is 6.35. The van der Waals surface area contributed by atoms with Crippen molar-refractivity contribution in [2.24, 2.45) is 0 Å². The summed E-state index contributed by atoms with van der Waals surface area (Å²) in [5, 5.41) is 7.32. The topological polar surface area (TPSA) is 41.1 Å². The largest absolute Gasteiger partial charge is 0.348 e. The first-order chi connectivity index (χ1) is 8.58. The Labute approximate surface area is 117 Å². The Hall–Kier alpha value is -0.770. The zero-order valence-corrected chi connectivity index (χ0v) is 11.7. The minimum absolute atomic E-state index is 0.0333. The molecule has 0 spiro atoms. The third kappa shape index (κ3) is 3.16. The summed E-state index contributed by atoms with van der Waals surface area (Å²) in [6, 6.07) is 5.12. The third-order valence-electron chi connectivity index (χ3n) is 3.16. The van der Waals surface area contributed by atoms with Gasteiger partial charge in [-0.3, -0.25) is 4.79 Å². The van der Waals surface area contributed by atoms with Crippen LogP contribution >= 0.6 is 23.2 Å². The molecule has 5 heteroatoms. The molecule has 1 amide bonds. The van der Waals surface area contributed by atoms with E-state index < -0.39 is 0 Å². The van der Waals surface area contributed by atoms with Crippen molar-refractivity contribution in [3.63, 3.8) is 0 Å². The van der Waals surface area contributed by atoms with Gasteiger partial charge in [0, 0.05) is 10.0 Å². The van der Waals surface area contributed by atoms with Crippen LogP contribution in [0.1, 0.15) is 31.4 Å². The Morgan fingerprint density at radius 2 is 2.28 bits per heavy atom. The van der Waals surface area contributed by atoms with Crippen molar-refractivity contribution in [2.45, 2.75) is 31.8 Å². The molecule has 1 aromatic rings. The molecule has 1 aliphatic heterocycles. The number of amides is 1. The molecular formula is C13H16Cl2N2O. The van der Waals surface area contributed by atoms with Gasteiger partial charge in [0.05, 0.1) is 12.1 Å². The molecule has 98 valence electrons. The van der Waals surface area contributed by atoms with Gasteiger partial charge >= 0.3 is 0 Å². The maximum absolute atomic E-state index is 12.0. The molecule has 1 fully saturated rings. The number of hydrogen-bond acceptors (Lipinski definition) is 2. The molecule has 0 saturated carbocycles. The van der Waals surface area contributed by atoms with Crippen LogP contribution in [0.25, 0.3) is 0 Å². The molecule has 0 aromatic heterocycles. The average Bonchev–Trinajstić information content (AvgIpc) is 2.81. The Balaban J connectivity index is 2.02. The zero-order chi connectivity index (χ0) is 13.1. The molecule has 1 unspecified atom stereocenters. The predicted molar refractivity (Wildman–Crippen MR) is 74.0 cm³/mol. The lowest BCUT2D eigenvalue weighted by molar-refractivity contribution is -0.123. The van der Waals surface area contributed by atoms with Gasteiger partial charge in [-0.25, -0.2) is 0 Å².